The zero-order valence-corrected chi connectivity index (χ0v) is 15.4. The maximum Gasteiger partial charge on any atom is 0.220 e. The molecule has 6 heteroatoms. The average molecular weight is 353 g/mol. The van der Waals surface area contributed by atoms with Gasteiger partial charge in [0.15, 0.2) is 0 Å². The van der Waals surface area contributed by atoms with E-state index >= 15 is 0 Å². The van der Waals surface area contributed by atoms with Crippen molar-refractivity contribution in [2.45, 2.75) is 45.8 Å². The highest BCUT2D eigenvalue weighted by Crippen LogP contribution is 2.32. The van der Waals surface area contributed by atoms with E-state index in [1.807, 2.05) is 19.2 Å². The number of hydrogen-bond donors (Lipinski definition) is 1. The molecule has 3 heterocycles. The summed E-state index contributed by atoms with van der Waals surface area (Å²) in [5, 5.41) is 7.62. The van der Waals surface area contributed by atoms with Crippen LogP contribution in [0.2, 0.25) is 0 Å². The molecular formula is C20H27N5O. The van der Waals surface area contributed by atoms with Gasteiger partial charge in [-0.3, -0.25) is 19.4 Å². The number of nitrogens with zero attached hydrogens (tertiary/aromatic N) is 4. The molecule has 0 spiro atoms. The van der Waals surface area contributed by atoms with E-state index in [-0.39, 0.29) is 5.91 Å². The average Bonchev–Trinajstić information content (AvgIpc) is 3.34. The van der Waals surface area contributed by atoms with Crippen molar-refractivity contribution in [1.29, 1.82) is 0 Å². The van der Waals surface area contributed by atoms with Crippen LogP contribution in [0.15, 0.2) is 30.5 Å². The molecule has 2 aliphatic rings. The predicted molar refractivity (Wildman–Crippen MR) is 99.2 cm³/mol. The van der Waals surface area contributed by atoms with Crippen LogP contribution in [-0.2, 0) is 24.4 Å². The smallest absolute Gasteiger partial charge is 0.220 e. The molecule has 1 saturated carbocycles. The molecule has 1 aliphatic carbocycles. The van der Waals surface area contributed by atoms with Gasteiger partial charge in [-0.25, -0.2) is 0 Å². The maximum absolute atomic E-state index is 12.1. The van der Waals surface area contributed by atoms with E-state index in [0.717, 1.165) is 37.6 Å². The lowest BCUT2D eigenvalue weighted by molar-refractivity contribution is -0.121. The number of aromatic nitrogens is 3. The topological polar surface area (TPSA) is 63.1 Å². The predicted octanol–water partition coefficient (Wildman–Crippen LogP) is 2.13. The van der Waals surface area contributed by atoms with Crippen molar-refractivity contribution in [3.63, 3.8) is 0 Å². The van der Waals surface area contributed by atoms with Crippen molar-refractivity contribution in [3.8, 4) is 0 Å². The second-order valence-electron chi connectivity index (χ2n) is 7.76. The van der Waals surface area contributed by atoms with E-state index in [1.54, 1.807) is 0 Å². The molecule has 1 aliphatic heterocycles. The monoisotopic (exact) mass is 353 g/mol. The van der Waals surface area contributed by atoms with Crippen molar-refractivity contribution in [1.82, 2.24) is 25.0 Å². The molecule has 1 atom stereocenters. The zero-order chi connectivity index (χ0) is 17.9. The van der Waals surface area contributed by atoms with Crippen molar-refractivity contribution in [2.24, 2.45) is 11.8 Å². The molecule has 0 radical (unpaired) electrons. The summed E-state index contributed by atoms with van der Waals surface area (Å²) in [6.45, 7) is 6.20. The Kier molecular flexibility index (Phi) is 5.02. The molecule has 0 aromatic carbocycles. The van der Waals surface area contributed by atoms with Crippen molar-refractivity contribution in [3.05, 3.63) is 47.5 Å². The molecule has 1 fully saturated rings. The second-order valence-corrected chi connectivity index (χ2v) is 7.76. The summed E-state index contributed by atoms with van der Waals surface area (Å²) in [7, 11) is 0. The lowest BCUT2D eigenvalue weighted by atomic mass is 10.1. The van der Waals surface area contributed by atoms with E-state index < -0.39 is 0 Å². The Labute approximate surface area is 154 Å². The van der Waals surface area contributed by atoms with Gasteiger partial charge in [-0.2, -0.15) is 5.10 Å². The van der Waals surface area contributed by atoms with Crippen LogP contribution in [0.4, 0.5) is 0 Å². The van der Waals surface area contributed by atoms with Crippen LogP contribution in [-0.4, -0.2) is 38.7 Å². The molecule has 4 rings (SSSR count). The first-order chi connectivity index (χ1) is 12.7. The number of carbonyl (C=O) groups is 1. The van der Waals surface area contributed by atoms with Gasteiger partial charge in [0.2, 0.25) is 5.91 Å². The van der Waals surface area contributed by atoms with E-state index in [9.17, 15) is 4.79 Å². The number of rotatable bonds is 6. The third-order valence-electron chi connectivity index (χ3n) is 5.23. The minimum absolute atomic E-state index is 0.198. The minimum Gasteiger partial charge on any atom is -0.356 e. The number of carbonyl (C=O) groups excluding carboxylic acids is 1. The fraction of sp³-hybridized carbons (Fsp3) is 0.550. The molecule has 1 N–H and O–H groups in total. The summed E-state index contributed by atoms with van der Waals surface area (Å²) >= 11 is 0. The standard InChI is InChI=1S/C20H27N5O/c1-15-3-2-4-18(23-15)13-24-11-17(10-21-20(26)9-16-5-6-16)12-25-19(14-24)7-8-22-25/h2-4,7-8,16-17H,5-6,9-14H2,1H3,(H,21,26). The van der Waals surface area contributed by atoms with E-state index in [0.29, 0.717) is 24.8 Å². The third-order valence-corrected chi connectivity index (χ3v) is 5.23. The molecule has 2 aromatic rings. The number of fused-ring (bicyclic) bond motifs is 1. The van der Waals surface area contributed by atoms with Crippen molar-refractivity contribution < 1.29 is 4.79 Å². The molecular weight excluding hydrogens is 326 g/mol. The molecule has 1 unspecified atom stereocenters. The highest BCUT2D eigenvalue weighted by molar-refractivity contribution is 5.76. The summed E-state index contributed by atoms with van der Waals surface area (Å²) in [5.74, 6) is 1.18. The van der Waals surface area contributed by atoms with Gasteiger partial charge < -0.3 is 5.32 Å². The van der Waals surface area contributed by atoms with Crippen molar-refractivity contribution >= 4 is 5.91 Å². The number of amides is 1. The molecule has 6 nitrogen and oxygen atoms in total. The van der Waals surface area contributed by atoms with Crippen molar-refractivity contribution in [2.75, 3.05) is 13.1 Å². The van der Waals surface area contributed by atoms with Gasteiger partial charge in [0, 0.05) is 57.0 Å². The SMILES string of the molecule is Cc1cccc(CN2Cc3ccnn3CC(CNC(=O)CC3CC3)C2)n1. The maximum atomic E-state index is 12.1. The number of nitrogens with one attached hydrogen (secondary N) is 1. The van der Waals surface area contributed by atoms with E-state index in [2.05, 4.69) is 43.2 Å². The van der Waals surface area contributed by atoms with Crippen LogP contribution in [0.25, 0.3) is 0 Å². The van der Waals surface area contributed by atoms with E-state index in [4.69, 9.17) is 0 Å². The number of pyridine rings is 1. The zero-order valence-electron chi connectivity index (χ0n) is 15.4. The van der Waals surface area contributed by atoms with Crippen LogP contribution in [0.1, 0.15) is 36.3 Å². The Balaban J connectivity index is 1.41. The van der Waals surface area contributed by atoms with Gasteiger partial charge >= 0.3 is 0 Å². The molecule has 0 saturated heterocycles. The van der Waals surface area contributed by atoms with E-state index in [1.165, 1.54) is 18.5 Å². The largest absolute Gasteiger partial charge is 0.356 e. The van der Waals surface area contributed by atoms with Crippen LogP contribution < -0.4 is 5.32 Å². The molecule has 1 amide bonds. The molecule has 0 bridgehead atoms. The number of aryl methyl sites for hydroxylation is 1. The Hall–Kier alpha value is -2.21. The fourth-order valence-corrected chi connectivity index (χ4v) is 3.70. The minimum atomic E-state index is 0.198. The van der Waals surface area contributed by atoms with Gasteiger partial charge in [-0.1, -0.05) is 6.07 Å². The quantitative estimate of drug-likeness (QED) is 0.864. The lowest BCUT2D eigenvalue weighted by Crippen LogP contribution is -2.36. The van der Waals surface area contributed by atoms with Crippen LogP contribution >= 0.6 is 0 Å². The first kappa shape index (κ1) is 17.2. The van der Waals surface area contributed by atoms with Crippen LogP contribution in [0.3, 0.4) is 0 Å². The summed E-state index contributed by atoms with van der Waals surface area (Å²) in [6.07, 6.45) is 4.98. The Morgan fingerprint density at radius 1 is 1.23 bits per heavy atom. The van der Waals surface area contributed by atoms with Gasteiger partial charge in [-0.15, -0.1) is 0 Å². The molecule has 138 valence electrons. The van der Waals surface area contributed by atoms with Gasteiger partial charge in [0.05, 0.1) is 11.4 Å². The van der Waals surface area contributed by atoms with Gasteiger partial charge in [0.25, 0.3) is 0 Å². The first-order valence-electron chi connectivity index (χ1n) is 9.58. The second kappa shape index (κ2) is 7.58. The molecule has 2 aromatic heterocycles. The Morgan fingerprint density at radius 2 is 2.12 bits per heavy atom. The molecule has 26 heavy (non-hydrogen) atoms. The van der Waals surface area contributed by atoms with Gasteiger partial charge in [-0.05, 0) is 43.9 Å². The fourth-order valence-electron chi connectivity index (χ4n) is 3.70. The summed E-state index contributed by atoms with van der Waals surface area (Å²) in [4.78, 5) is 19.1. The van der Waals surface area contributed by atoms with Gasteiger partial charge in [0.1, 0.15) is 0 Å². The Morgan fingerprint density at radius 3 is 2.92 bits per heavy atom. The Bertz CT molecular complexity index is 767. The normalized spacial score (nSPS) is 20.4. The lowest BCUT2D eigenvalue weighted by Gasteiger charge is -2.24. The summed E-state index contributed by atoms with van der Waals surface area (Å²) in [5.41, 5.74) is 3.37. The van der Waals surface area contributed by atoms with Crippen LogP contribution in [0.5, 0.6) is 0 Å². The summed E-state index contributed by atoms with van der Waals surface area (Å²) < 4.78 is 2.08. The third kappa shape index (κ3) is 4.49. The summed E-state index contributed by atoms with van der Waals surface area (Å²) in [6, 6.07) is 8.26. The van der Waals surface area contributed by atoms with Crippen LogP contribution in [0, 0.1) is 18.8 Å². The first-order valence-corrected chi connectivity index (χ1v) is 9.58. The number of hydrogen-bond acceptors (Lipinski definition) is 4. The highest BCUT2D eigenvalue weighted by atomic mass is 16.1. The highest BCUT2D eigenvalue weighted by Gasteiger charge is 2.26.